The van der Waals surface area contributed by atoms with Crippen LogP contribution in [0.5, 0.6) is 5.75 Å². The topological polar surface area (TPSA) is 76.4 Å². The Morgan fingerprint density at radius 3 is 2.92 bits per heavy atom. The molecule has 1 aromatic carbocycles. The number of aliphatic hydroxyl groups excluding tert-OH is 1. The quantitative estimate of drug-likeness (QED) is 0.809. The second-order valence-electron chi connectivity index (χ2n) is 6.25. The number of imidazole rings is 1. The molecule has 1 aliphatic rings. The number of nitrogens with zero attached hydrogens (tertiary/aromatic N) is 2. The third-order valence-corrected chi connectivity index (χ3v) is 4.34. The van der Waals surface area contributed by atoms with Crippen LogP contribution in [0.15, 0.2) is 49.1 Å². The van der Waals surface area contributed by atoms with E-state index in [9.17, 15) is 9.90 Å². The fourth-order valence-electron chi connectivity index (χ4n) is 3.17. The van der Waals surface area contributed by atoms with E-state index in [4.69, 9.17) is 4.74 Å². The maximum atomic E-state index is 12.0. The van der Waals surface area contributed by atoms with Crippen molar-refractivity contribution >= 4 is 5.91 Å². The molecule has 2 N–H and O–H groups in total. The van der Waals surface area contributed by atoms with Gasteiger partial charge in [0, 0.05) is 18.9 Å². The fourth-order valence-corrected chi connectivity index (χ4v) is 3.17. The molecule has 3 atom stereocenters. The van der Waals surface area contributed by atoms with E-state index in [0.717, 1.165) is 18.7 Å². The first-order valence-electron chi connectivity index (χ1n) is 8.31. The maximum absolute atomic E-state index is 12.0. The lowest BCUT2D eigenvalue weighted by atomic mass is 10.1. The van der Waals surface area contributed by atoms with E-state index < -0.39 is 6.10 Å². The Hall–Kier alpha value is -2.34. The highest BCUT2D eigenvalue weighted by Crippen LogP contribution is 2.27. The number of para-hydroxylation sites is 1. The highest BCUT2D eigenvalue weighted by molar-refractivity contribution is 5.76. The summed E-state index contributed by atoms with van der Waals surface area (Å²) in [5.74, 6) is 1.02. The van der Waals surface area contributed by atoms with E-state index in [1.165, 1.54) is 0 Å². The number of amides is 1. The molecule has 1 heterocycles. The van der Waals surface area contributed by atoms with Gasteiger partial charge in [-0.15, -0.1) is 0 Å². The van der Waals surface area contributed by atoms with Crippen LogP contribution in [0, 0.1) is 5.92 Å². The van der Waals surface area contributed by atoms with Gasteiger partial charge in [0.2, 0.25) is 5.91 Å². The van der Waals surface area contributed by atoms with Gasteiger partial charge in [0.1, 0.15) is 5.75 Å². The second-order valence-corrected chi connectivity index (χ2v) is 6.25. The Kier molecular flexibility index (Phi) is 5.48. The van der Waals surface area contributed by atoms with Crippen molar-refractivity contribution in [2.45, 2.75) is 38.0 Å². The molecular formula is C18H23N3O3. The number of benzene rings is 1. The van der Waals surface area contributed by atoms with Crippen molar-refractivity contribution < 1.29 is 14.6 Å². The summed E-state index contributed by atoms with van der Waals surface area (Å²) < 4.78 is 7.53. The molecule has 1 amide bonds. The van der Waals surface area contributed by atoms with Crippen molar-refractivity contribution in [1.29, 1.82) is 0 Å². The standard InChI is InChI=1S/C18H23N3O3/c22-17-11-14(12-21-8-7-19-13-21)10-16(17)20-18(23)6-9-24-15-4-2-1-3-5-15/h1-5,7-8,13-14,16-17,22H,6,9-12H2,(H,20,23)/t14?,16-,17-/m1/s1. The van der Waals surface area contributed by atoms with E-state index in [1.807, 2.05) is 41.1 Å². The smallest absolute Gasteiger partial charge is 0.223 e. The first-order chi connectivity index (χ1) is 11.7. The van der Waals surface area contributed by atoms with Gasteiger partial charge in [-0.1, -0.05) is 18.2 Å². The van der Waals surface area contributed by atoms with E-state index in [2.05, 4.69) is 10.3 Å². The predicted molar refractivity (Wildman–Crippen MR) is 89.4 cm³/mol. The third-order valence-electron chi connectivity index (χ3n) is 4.34. The van der Waals surface area contributed by atoms with Gasteiger partial charge < -0.3 is 19.7 Å². The molecule has 24 heavy (non-hydrogen) atoms. The highest BCUT2D eigenvalue weighted by atomic mass is 16.5. The zero-order valence-corrected chi connectivity index (χ0v) is 13.5. The molecule has 1 fully saturated rings. The molecule has 6 heteroatoms. The Bertz CT molecular complexity index is 630. The van der Waals surface area contributed by atoms with Gasteiger partial charge in [0.15, 0.2) is 0 Å². The molecule has 0 aliphatic heterocycles. The number of aromatic nitrogens is 2. The number of rotatable bonds is 7. The van der Waals surface area contributed by atoms with Crippen LogP contribution in [0.2, 0.25) is 0 Å². The molecule has 0 bridgehead atoms. The minimum atomic E-state index is -0.488. The lowest BCUT2D eigenvalue weighted by Crippen LogP contribution is -2.40. The SMILES string of the molecule is O=C(CCOc1ccccc1)N[C@@H]1CC(Cn2ccnc2)C[C@H]1O. The van der Waals surface area contributed by atoms with Crippen molar-refractivity contribution in [2.24, 2.45) is 5.92 Å². The molecule has 0 saturated heterocycles. The van der Waals surface area contributed by atoms with Crippen LogP contribution in [-0.4, -0.2) is 39.3 Å². The normalized spacial score (nSPS) is 23.1. The van der Waals surface area contributed by atoms with Crippen molar-refractivity contribution in [2.75, 3.05) is 6.61 Å². The Balaban J connectivity index is 1.39. The minimum absolute atomic E-state index is 0.0849. The summed E-state index contributed by atoms with van der Waals surface area (Å²) >= 11 is 0. The lowest BCUT2D eigenvalue weighted by molar-refractivity contribution is -0.122. The Labute approximate surface area is 141 Å². The van der Waals surface area contributed by atoms with Crippen LogP contribution < -0.4 is 10.1 Å². The number of nitrogens with one attached hydrogen (secondary N) is 1. The maximum Gasteiger partial charge on any atom is 0.223 e. The first kappa shape index (κ1) is 16.5. The van der Waals surface area contributed by atoms with Crippen LogP contribution in [0.3, 0.4) is 0 Å². The van der Waals surface area contributed by atoms with Crippen molar-refractivity contribution in [1.82, 2.24) is 14.9 Å². The van der Waals surface area contributed by atoms with Gasteiger partial charge in [0.05, 0.1) is 31.5 Å². The van der Waals surface area contributed by atoms with E-state index in [1.54, 1.807) is 12.5 Å². The van der Waals surface area contributed by atoms with Gasteiger partial charge in [0.25, 0.3) is 0 Å². The van der Waals surface area contributed by atoms with Gasteiger partial charge in [-0.25, -0.2) is 4.98 Å². The number of hydrogen-bond donors (Lipinski definition) is 2. The zero-order valence-electron chi connectivity index (χ0n) is 13.5. The molecular weight excluding hydrogens is 306 g/mol. The fraction of sp³-hybridized carbons (Fsp3) is 0.444. The van der Waals surface area contributed by atoms with E-state index >= 15 is 0 Å². The summed E-state index contributed by atoms with van der Waals surface area (Å²) in [6.07, 6.45) is 6.71. The van der Waals surface area contributed by atoms with Crippen LogP contribution in [0.4, 0.5) is 0 Å². The average molecular weight is 329 g/mol. The Morgan fingerprint density at radius 2 is 2.17 bits per heavy atom. The minimum Gasteiger partial charge on any atom is -0.493 e. The number of carbonyl (C=O) groups is 1. The molecule has 1 aromatic heterocycles. The zero-order chi connectivity index (χ0) is 16.8. The summed E-state index contributed by atoms with van der Waals surface area (Å²) in [6.45, 7) is 1.15. The van der Waals surface area contributed by atoms with Gasteiger partial charge >= 0.3 is 0 Å². The van der Waals surface area contributed by atoms with E-state index in [0.29, 0.717) is 18.9 Å². The molecule has 2 aromatic rings. The van der Waals surface area contributed by atoms with Crippen LogP contribution in [0.25, 0.3) is 0 Å². The summed E-state index contributed by atoms with van der Waals surface area (Å²) in [5, 5.41) is 13.1. The van der Waals surface area contributed by atoms with Gasteiger partial charge in [-0.2, -0.15) is 0 Å². The average Bonchev–Trinajstić information content (AvgIpc) is 3.19. The number of carbonyl (C=O) groups excluding carboxylic acids is 1. The highest BCUT2D eigenvalue weighted by Gasteiger charge is 2.33. The van der Waals surface area contributed by atoms with E-state index in [-0.39, 0.29) is 18.4 Å². The summed E-state index contributed by atoms with van der Waals surface area (Å²) in [6, 6.07) is 9.25. The monoisotopic (exact) mass is 329 g/mol. The molecule has 1 aliphatic carbocycles. The third kappa shape index (κ3) is 4.58. The molecule has 0 radical (unpaired) electrons. The van der Waals surface area contributed by atoms with Crippen molar-refractivity contribution in [3.8, 4) is 5.75 Å². The first-order valence-corrected chi connectivity index (χ1v) is 8.31. The molecule has 0 spiro atoms. The summed E-state index contributed by atoms with van der Waals surface area (Å²) in [5.41, 5.74) is 0. The van der Waals surface area contributed by atoms with Crippen molar-refractivity contribution in [3.05, 3.63) is 49.1 Å². The molecule has 3 rings (SSSR count). The predicted octanol–water partition coefficient (Wildman–Crippen LogP) is 1.61. The number of ether oxygens (including phenoxy) is 1. The largest absolute Gasteiger partial charge is 0.493 e. The number of aliphatic hydroxyl groups is 1. The molecule has 6 nitrogen and oxygen atoms in total. The van der Waals surface area contributed by atoms with Crippen LogP contribution >= 0.6 is 0 Å². The van der Waals surface area contributed by atoms with Crippen LogP contribution in [-0.2, 0) is 11.3 Å². The van der Waals surface area contributed by atoms with Gasteiger partial charge in [-0.05, 0) is 30.9 Å². The van der Waals surface area contributed by atoms with Crippen LogP contribution in [0.1, 0.15) is 19.3 Å². The molecule has 1 unspecified atom stereocenters. The lowest BCUT2D eigenvalue weighted by Gasteiger charge is -2.16. The Morgan fingerprint density at radius 1 is 1.33 bits per heavy atom. The summed E-state index contributed by atoms with van der Waals surface area (Å²) in [4.78, 5) is 16.1. The molecule has 1 saturated carbocycles. The van der Waals surface area contributed by atoms with Crippen molar-refractivity contribution in [3.63, 3.8) is 0 Å². The summed E-state index contributed by atoms with van der Waals surface area (Å²) in [7, 11) is 0. The molecule has 128 valence electrons. The number of hydrogen-bond acceptors (Lipinski definition) is 4. The van der Waals surface area contributed by atoms with Gasteiger partial charge in [-0.3, -0.25) is 4.79 Å². The second kappa shape index (κ2) is 7.97.